The van der Waals surface area contributed by atoms with Crippen molar-refractivity contribution < 1.29 is 14.1 Å². The minimum absolute atomic E-state index is 0.0222. The van der Waals surface area contributed by atoms with Crippen LogP contribution in [-0.4, -0.2) is 20.8 Å². The number of hydrogen-bond acceptors (Lipinski definition) is 5. The van der Waals surface area contributed by atoms with E-state index in [1.54, 1.807) is 6.07 Å². The third-order valence-electron chi connectivity index (χ3n) is 2.19. The second-order valence-corrected chi connectivity index (χ2v) is 3.45. The Hall–Kier alpha value is -2.90. The van der Waals surface area contributed by atoms with Gasteiger partial charge in [-0.3, -0.25) is 20.2 Å². The molecule has 0 unspecified atom stereocenters. The molecule has 2 rings (SSSR count). The van der Waals surface area contributed by atoms with E-state index in [4.69, 9.17) is 0 Å². The number of aromatic nitrogens is 2. The van der Waals surface area contributed by atoms with Crippen LogP contribution >= 0.6 is 0 Å². The number of benzene rings is 1. The molecule has 96 valence electrons. The minimum atomic E-state index is -0.850. The average Bonchev–Trinajstić information content (AvgIpc) is 2.39. The number of nitro groups is 1. The summed E-state index contributed by atoms with van der Waals surface area (Å²) in [5, 5.41) is 13.0. The summed E-state index contributed by atoms with van der Waals surface area (Å²) in [4.78, 5) is 29.3. The number of hydrogen-bond donors (Lipinski definition) is 1. The molecule has 1 aromatic heterocycles. The maximum absolute atomic E-state index is 13.1. The summed E-state index contributed by atoms with van der Waals surface area (Å²) in [6.45, 7) is 0. The maximum atomic E-state index is 13.1. The second kappa shape index (κ2) is 5.17. The Balaban J connectivity index is 2.33. The van der Waals surface area contributed by atoms with E-state index in [0.29, 0.717) is 0 Å². The number of carbonyl (C=O) groups is 1. The smallest absolute Gasteiger partial charge is 0.282 e. The maximum Gasteiger partial charge on any atom is 0.282 e. The van der Waals surface area contributed by atoms with E-state index in [0.717, 1.165) is 18.2 Å². The predicted octanol–water partition coefficient (Wildman–Crippen LogP) is 1.78. The van der Waals surface area contributed by atoms with Crippen LogP contribution in [0, 0.1) is 15.9 Å². The quantitative estimate of drug-likeness (QED) is 0.671. The number of amides is 1. The fraction of sp³-hybridized carbons (Fsp3) is 0. The van der Waals surface area contributed by atoms with E-state index in [1.807, 2.05) is 0 Å². The summed E-state index contributed by atoms with van der Waals surface area (Å²) in [6, 6.07) is 4.17. The first-order valence-electron chi connectivity index (χ1n) is 5.10. The van der Waals surface area contributed by atoms with Gasteiger partial charge in [-0.15, -0.1) is 0 Å². The largest absolute Gasteiger partial charge is 0.290 e. The first-order chi connectivity index (χ1) is 9.08. The third-order valence-corrected chi connectivity index (χ3v) is 2.19. The summed E-state index contributed by atoms with van der Waals surface area (Å²) in [7, 11) is 0. The van der Waals surface area contributed by atoms with E-state index in [-0.39, 0.29) is 5.95 Å². The average molecular weight is 262 g/mol. The van der Waals surface area contributed by atoms with Crippen LogP contribution in [0.1, 0.15) is 10.4 Å². The first-order valence-corrected chi connectivity index (χ1v) is 5.10. The number of carbonyl (C=O) groups excluding carboxylic acids is 1. The molecular formula is C11H7FN4O3. The molecule has 0 aliphatic heterocycles. The Bertz CT molecular complexity index is 633. The van der Waals surface area contributed by atoms with Crippen molar-refractivity contribution in [1.82, 2.24) is 9.97 Å². The Morgan fingerprint density at radius 3 is 2.63 bits per heavy atom. The third kappa shape index (κ3) is 2.86. The van der Waals surface area contributed by atoms with Crippen LogP contribution in [0.5, 0.6) is 0 Å². The lowest BCUT2D eigenvalue weighted by Gasteiger charge is -2.04. The highest BCUT2D eigenvalue weighted by atomic mass is 19.1. The molecule has 0 saturated carbocycles. The molecule has 1 amide bonds. The van der Waals surface area contributed by atoms with Crippen LogP contribution in [-0.2, 0) is 0 Å². The lowest BCUT2D eigenvalue weighted by atomic mass is 10.1. The van der Waals surface area contributed by atoms with Crippen LogP contribution in [0.4, 0.5) is 16.0 Å². The van der Waals surface area contributed by atoms with Gasteiger partial charge < -0.3 is 0 Å². The van der Waals surface area contributed by atoms with Crippen molar-refractivity contribution in [3.63, 3.8) is 0 Å². The molecule has 0 saturated heterocycles. The van der Waals surface area contributed by atoms with Crippen molar-refractivity contribution in [2.75, 3.05) is 5.32 Å². The summed E-state index contributed by atoms with van der Waals surface area (Å²) >= 11 is 0. The van der Waals surface area contributed by atoms with Crippen molar-refractivity contribution in [2.45, 2.75) is 0 Å². The number of nitrogens with zero attached hydrogens (tertiary/aromatic N) is 3. The first kappa shape index (κ1) is 12.6. The second-order valence-electron chi connectivity index (χ2n) is 3.45. The highest BCUT2D eigenvalue weighted by Gasteiger charge is 2.21. The van der Waals surface area contributed by atoms with Crippen molar-refractivity contribution in [3.8, 4) is 0 Å². The van der Waals surface area contributed by atoms with Crippen LogP contribution in [0.3, 0.4) is 0 Å². The van der Waals surface area contributed by atoms with Gasteiger partial charge in [-0.1, -0.05) is 0 Å². The number of halogens is 1. The van der Waals surface area contributed by atoms with Gasteiger partial charge in [0, 0.05) is 18.5 Å². The molecule has 1 aromatic carbocycles. The van der Waals surface area contributed by atoms with E-state index >= 15 is 0 Å². The zero-order valence-electron chi connectivity index (χ0n) is 9.41. The van der Waals surface area contributed by atoms with Gasteiger partial charge in [0.25, 0.3) is 11.6 Å². The van der Waals surface area contributed by atoms with Crippen LogP contribution in [0.2, 0.25) is 0 Å². The van der Waals surface area contributed by atoms with Gasteiger partial charge in [-0.2, -0.15) is 0 Å². The van der Waals surface area contributed by atoms with E-state index in [2.05, 4.69) is 15.3 Å². The summed E-state index contributed by atoms with van der Waals surface area (Å²) in [5.41, 5.74) is -0.882. The van der Waals surface area contributed by atoms with Crippen molar-refractivity contribution in [2.24, 2.45) is 0 Å². The predicted molar refractivity (Wildman–Crippen MR) is 63.0 cm³/mol. The van der Waals surface area contributed by atoms with Crippen LogP contribution in [0.15, 0.2) is 36.7 Å². The SMILES string of the molecule is O=C(Nc1ncccn1)c1cc(F)ccc1[N+](=O)[O-]. The Morgan fingerprint density at radius 2 is 2.00 bits per heavy atom. The topological polar surface area (TPSA) is 98.0 Å². The minimum Gasteiger partial charge on any atom is -0.290 e. The molecule has 2 aromatic rings. The number of anilines is 1. The van der Waals surface area contributed by atoms with Gasteiger partial charge in [-0.25, -0.2) is 14.4 Å². The van der Waals surface area contributed by atoms with E-state index in [1.165, 1.54) is 12.4 Å². The Labute approximate surface area is 106 Å². The van der Waals surface area contributed by atoms with Gasteiger partial charge in [0.05, 0.1) is 4.92 Å². The highest BCUT2D eigenvalue weighted by Crippen LogP contribution is 2.20. The summed E-state index contributed by atoms with van der Waals surface area (Å²) in [5.74, 6) is -1.62. The van der Waals surface area contributed by atoms with E-state index in [9.17, 15) is 19.3 Å². The molecular weight excluding hydrogens is 255 g/mol. The van der Waals surface area contributed by atoms with Crippen LogP contribution < -0.4 is 5.32 Å². The fourth-order valence-electron chi connectivity index (χ4n) is 1.38. The van der Waals surface area contributed by atoms with Crippen molar-refractivity contribution in [3.05, 3.63) is 58.2 Å². The standard InChI is InChI=1S/C11H7FN4O3/c12-7-2-3-9(16(18)19)8(6-7)10(17)15-11-13-4-1-5-14-11/h1-6H,(H,13,14,15,17). The van der Waals surface area contributed by atoms with Gasteiger partial charge in [0.15, 0.2) is 0 Å². The van der Waals surface area contributed by atoms with E-state index < -0.39 is 27.9 Å². The van der Waals surface area contributed by atoms with Gasteiger partial charge in [0.1, 0.15) is 11.4 Å². The molecule has 0 radical (unpaired) electrons. The lowest BCUT2D eigenvalue weighted by molar-refractivity contribution is -0.385. The zero-order chi connectivity index (χ0) is 13.8. The molecule has 0 aliphatic rings. The lowest BCUT2D eigenvalue weighted by Crippen LogP contribution is -2.16. The van der Waals surface area contributed by atoms with Gasteiger partial charge in [-0.05, 0) is 18.2 Å². The summed E-state index contributed by atoms with van der Waals surface area (Å²) < 4.78 is 13.1. The summed E-state index contributed by atoms with van der Waals surface area (Å²) in [6.07, 6.45) is 2.78. The van der Waals surface area contributed by atoms with Crippen molar-refractivity contribution in [1.29, 1.82) is 0 Å². The highest BCUT2D eigenvalue weighted by molar-refractivity contribution is 6.06. The fourth-order valence-corrected chi connectivity index (χ4v) is 1.38. The molecule has 0 aliphatic carbocycles. The molecule has 0 bridgehead atoms. The number of rotatable bonds is 3. The number of nitro benzene ring substituents is 1. The van der Waals surface area contributed by atoms with Gasteiger partial charge in [0.2, 0.25) is 5.95 Å². The molecule has 1 heterocycles. The molecule has 1 N–H and O–H groups in total. The van der Waals surface area contributed by atoms with Gasteiger partial charge >= 0.3 is 0 Å². The molecule has 0 spiro atoms. The van der Waals surface area contributed by atoms with Crippen molar-refractivity contribution >= 4 is 17.5 Å². The normalized spacial score (nSPS) is 9.95. The zero-order valence-corrected chi connectivity index (χ0v) is 9.41. The Morgan fingerprint density at radius 1 is 1.32 bits per heavy atom. The molecule has 0 atom stereocenters. The molecule has 0 fully saturated rings. The van der Waals surface area contributed by atoms with Crippen LogP contribution in [0.25, 0.3) is 0 Å². The molecule has 7 nitrogen and oxygen atoms in total. The molecule has 19 heavy (non-hydrogen) atoms. The number of nitrogens with one attached hydrogen (secondary N) is 1. The Kier molecular flexibility index (Phi) is 3.42. The monoisotopic (exact) mass is 262 g/mol. The molecule has 8 heteroatoms.